The van der Waals surface area contributed by atoms with Crippen molar-refractivity contribution in [3.63, 3.8) is 0 Å². The molecule has 26 heavy (non-hydrogen) atoms. The predicted molar refractivity (Wildman–Crippen MR) is 96.9 cm³/mol. The molecule has 1 aliphatic rings. The van der Waals surface area contributed by atoms with Crippen LogP contribution in [0.15, 0.2) is 42.7 Å². The summed E-state index contributed by atoms with van der Waals surface area (Å²) in [6, 6.07) is 8.79. The van der Waals surface area contributed by atoms with Gasteiger partial charge in [-0.15, -0.1) is 0 Å². The van der Waals surface area contributed by atoms with Gasteiger partial charge in [0.25, 0.3) is 11.8 Å². The highest BCUT2D eigenvalue weighted by Gasteiger charge is 2.42. The lowest BCUT2D eigenvalue weighted by Crippen LogP contribution is -2.52. The lowest BCUT2D eigenvalue weighted by molar-refractivity contribution is -0.126. The van der Waals surface area contributed by atoms with Gasteiger partial charge in [0.1, 0.15) is 11.3 Å². The summed E-state index contributed by atoms with van der Waals surface area (Å²) in [5.41, 5.74) is -0.0179. The molecule has 0 radical (unpaired) electrons. The average Bonchev–Trinajstić information content (AvgIpc) is 3.23. The number of aromatic nitrogens is 2. The van der Waals surface area contributed by atoms with Crippen molar-refractivity contribution >= 4 is 17.5 Å². The Bertz CT molecular complexity index is 737. The maximum atomic E-state index is 13.0. The Hall–Kier alpha value is -2.87. The summed E-state index contributed by atoms with van der Waals surface area (Å²) in [6.07, 6.45) is 4.87. The summed E-state index contributed by atoms with van der Waals surface area (Å²) >= 11 is 0. The van der Waals surface area contributed by atoms with Crippen LogP contribution in [0.1, 0.15) is 12.8 Å². The van der Waals surface area contributed by atoms with E-state index in [0.717, 1.165) is 13.1 Å². The molecule has 138 valence electrons. The van der Waals surface area contributed by atoms with Crippen molar-refractivity contribution in [2.75, 3.05) is 32.1 Å². The van der Waals surface area contributed by atoms with Gasteiger partial charge in [-0.25, -0.2) is 0 Å². The first-order valence-electron chi connectivity index (χ1n) is 8.60. The number of benzene rings is 1. The fraction of sp³-hybridized carbons (Fsp3) is 0.389. The second kappa shape index (κ2) is 8.01. The third-order valence-electron chi connectivity index (χ3n) is 4.56. The van der Waals surface area contributed by atoms with E-state index in [2.05, 4.69) is 21.0 Å². The highest BCUT2D eigenvalue weighted by atomic mass is 16.5. The van der Waals surface area contributed by atoms with E-state index in [4.69, 9.17) is 4.74 Å². The first-order chi connectivity index (χ1) is 12.6. The molecule has 1 aromatic heterocycles. The topological polar surface area (TPSA) is 97.3 Å². The first-order valence-corrected chi connectivity index (χ1v) is 8.60. The predicted octanol–water partition coefficient (Wildman–Crippen LogP) is 0.725. The van der Waals surface area contributed by atoms with E-state index in [-0.39, 0.29) is 18.4 Å². The van der Waals surface area contributed by atoms with Crippen LogP contribution in [0.2, 0.25) is 0 Å². The molecule has 1 aromatic carbocycles. The van der Waals surface area contributed by atoms with Gasteiger partial charge in [0, 0.05) is 25.1 Å². The van der Waals surface area contributed by atoms with Gasteiger partial charge in [0.05, 0.1) is 0 Å². The van der Waals surface area contributed by atoms with Gasteiger partial charge in [-0.3, -0.25) is 14.3 Å². The van der Waals surface area contributed by atoms with Crippen LogP contribution in [0.3, 0.4) is 0 Å². The Morgan fingerprint density at radius 2 is 2.00 bits per heavy atom. The normalized spacial score (nSPS) is 15.9. The summed E-state index contributed by atoms with van der Waals surface area (Å²) in [5, 5.41) is 13.1. The number of amides is 2. The van der Waals surface area contributed by atoms with E-state index in [1.54, 1.807) is 42.2 Å². The SMILES string of the molecule is CNC(=O)COc1ccc(NC(=O)C2(n3cccn3)CCNCC2)cc1. The van der Waals surface area contributed by atoms with Gasteiger partial charge in [-0.1, -0.05) is 0 Å². The molecule has 3 N–H and O–H groups in total. The van der Waals surface area contributed by atoms with Crippen LogP contribution in [0.4, 0.5) is 5.69 Å². The van der Waals surface area contributed by atoms with Crippen molar-refractivity contribution in [3.05, 3.63) is 42.7 Å². The number of rotatable bonds is 6. The third kappa shape index (κ3) is 3.85. The third-order valence-corrected chi connectivity index (χ3v) is 4.56. The minimum atomic E-state index is -0.691. The van der Waals surface area contributed by atoms with Crippen LogP contribution in [0.5, 0.6) is 5.75 Å². The lowest BCUT2D eigenvalue weighted by atomic mass is 9.87. The van der Waals surface area contributed by atoms with Gasteiger partial charge in [0.2, 0.25) is 0 Å². The Morgan fingerprint density at radius 3 is 2.62 bits per heavy atom. The Labute approximate surface area is 151 Å². The number of nitrogens with zero attached hydrogens (tertiary/aromatic N) is 2. The van der Waals surface area contributed by atoms with Crippen molar-refractivity contribution in [2.24, 2.45) is 0 Å². The molecule has 0 spiro atoms. The molecule has 8 heteroatoms. The number of ether oxygens (including phenoxy) is 1. The Morgan fingerprint density at radius 1 is 1.27 bits per heavy atom. The molecule has 0 aliphatic carbocycles. The summed E-state index contributed by atoms with van der Waals surface area (Å²) in [4.78, 5) is 24.3. The fourth-order valence-corrected chi connectivity index (χ4v) is 3.03. The smallest absolute Gasteiger partial charge is 0.257 e. The average molecular weight is 357 g/mol. The minimum absolute atomic E-state index is 0.0440. The number of hydrogen-bond acceptors (Lipinski definition) is 5. The molecule has 1 aliphatic heterocycles. The van der Waals surface area contributed by atoms with E-state index in [1.807, 2.05) is 12.3 Å². The van der Waals surface area contributed by atoms with Crippen LogP contribution in [0.25, 0.3) is 0 Å². The Kier molecular flexibility index (Phi) is 5.52. The molecule has 0 saturated carbocycles. The van der Waals surface area contributed by atoms with E-state index < -0.39 is 5.54 Å². The first kappa shape index (κ1) is 17.9. The number of carbonyl (C=O) groups is 2. The molecular formula is C18H23N5O3. The lowest BCUT2D eigenvalue weighted by Gasteiger charge is -2.36. The van der Waals surface area contributed by atoms with Gasteiger partial charge >= 0.3 is 0 Å². The van der Waals surface area contributed by atoms with Crippen molar-refractivity contribution in [1.82, 2.24) is 20.4 Å². The highest BCUT2D eigenvalue weighted by molar-refractivity contribution is 5.96. The van der Waals surface area contributed by atoms with E-state index >= 15 is 0 Å². The molecule has 8 nitrogen and oxygen atoms in total. The molecule has 3 rings (SSSR count). The largest absolute Gasteiger partial charge is 0.484 e. The second-order valence-electron chi connectivity index (χ2n) is 6.17. The van der Waals surface area contributed by atoms with E-state index in [9.17, 15) is 9.59 Å². The van der Waals surface area contributed by atoms with Crippen molar-refractivity contribution < 1.29 is 14.3 Å². The summed E-state index contributed by atoms with van der Waals surface area (Å²) in [7, 11) is 1.56. The van der Waals surface area contributed by atoms with Crippen LogP contribution < -0.4 is 20.7 Å². The number of hydrogen-bond donors (Lipinski definition) is 3. The quantitative estimate of drug-likeness (QED) is 0.708. The number of piperidine rings is 1. The molecule has 1 saturated heterocycles. The van der Waals surface area contributed by atoms with Crippen LogP contribution in [0, 0.1) is 0 Å². The number of carbonyl (C=O) groups excluding carboxylic acids is 2. The maximum absolute atomic E-state index is 13.0. The molecule has 2 aromatic rings. The molecular weight excluding hydrogens is 334 g/mol. The molecule has 0 atom stereocenters. The fourth-order valence-electron chi connectivity index (χ4n) is 3.03. The number of anilines is 1. The molecule has 0 unspecified atom stereocenters. The van der Waals surface area contributed by atoms with E-state index in [1.165, 1.54) is 0 Å². The standard InChI is InChI=1S/C18H23N5O3/c1-19-16(24)13-26-15-5-3-14(4-6-15)22-17(25)18(7-10-20-11-8-18)23-12-2-9-21-23/h2-6,9,12,20H,7-8,10-11,13H2,1H3,(H,19,24)(H,22,25). The molecule has 2 amide bonds. The van der Waals surface area contributed by atoms with Crippen molar-refractivity contribution in [3.8, 4) is 5.75 Å². The Balaban J connectivity index is 1.69. The monoisotopic (exact) mass is 357 g/mol. The zero-order chi connectivity index (χ0) is 18.4. The van der Waals surface area contributed by atoms with Crippen LogP contribution in [-0.4, -0.2) is 48.3 Å². The van der Waals surface area contributed by atoms with Crippen LogP contribution in [-0.2, 0) is 15.1 Å². The van der Waals surface area contributed by atoms with Crippen molar-refractivity contribution in [2.45, 2.75) is 18.4 Å². The second-order valence-corrected chi connectivity index (χ2v) is 6.17. The molecule has 2 heterocycles. The van der Waals surface area contributed by atoms with Crippen LogP contribution >= 0.6 is 0 Å². The van der Waals surface area contributed by atoms with Gasteiger partial charge in [0.15, 0.2) is 6.61 Å². The zero-order valence-electron chi connectivity index (χ0n) is 14.7. The van der Waals surface area contributed by atoms with Gasteiger partial charge in [-0.2, -0.15) is 5.10 Å². The number of likely N-dealkylation sites (N-methyl/N-ethyl adjacent to an activating group) is 1. The summed E-state index contributed by atoms with van der Waals surface area (Å²) in [5.74, 6) is 0.284. The molecule has 0 bridgehead atoms. The van der Waals surface area contributed by atoms with Gasteiger partial charge in [-0.05, 0) is 56.3 Å². The minimum Gasteiger partial charge on any atom is -0.484 e. The number of nitrogens with one attached hydrogen (secondary N) is 3. The highest BCUT2D eigenvalue weighted by Crippen LogP contribution is 2.29. The van der Waals surface area contributed by atoms with Gasteiger partial charge < -0.3 is 20.7 Å². The summed E-state index contributed by atoms with van der Waals surface area (Å²) < 4.78 is 7.12. The molecule has 1 fully saturated rings. The van der Waals surface area contributed by atoms with E-state index in [0.29, 0.717) is 24.3 Å². The zero-order valence-corrected chi connectivity index (χ0v) is 14.7. The maximum Gasteiger partial charge on any atom is 0.257 e. The van der Waals surface area contributed by atoms with Crippen molar-refractivity contribution in [1.29, 1.82) is 0 Å². The summed E-state index contributed by atoms with van der Waals surface area (Å²) in [6.45, 7) is 1.48.